The zero-order valence-corrected chi connectivity index (χ0v) is 6.31. The molecule has 68 valence electrons. The normalized spacial score (nSPS) is 11.8. The third-order valence-electron chi connectivity index (χ3n) is 1.24. The Kier molecular flexibility index (Phi) is 3.92. The van der Waals surface area contributed by atoms with E-state index < -0.39 is 30.1 Å². The number of ketones is 1. The summed E-state index contributed by atoms with van der Waals surface area (Å²) in [5.74, 6) is -4.63. The van der Waals surface area contributed by atoms with Crippen LogP contribution in [0.3, 0.4) is 0 Å². The molecule has 0 aromatic rings. The number of hydrogen-bond donors (Lipinski definition) is 2. The van der Waals surface area contributed by atoms with E-state index in [-0.39, 0.29) is 0 Å². The molecule has 12 heavy (non-hydrogen) atoms. The topological polar surface area (TPSA) is 101 Å². The maximum absolute atomic E-state index is 10.6. The Hall–Kier alpha value is -1.43. The molecule has 0 aromatic carbocycles. The van der Waals surface area contributed by atoms with Gasteiger partial charge in [-0.2, -0.15) is 5.26 Å². The van der Waals surface area contributed by atoms with Crippen molar-refractivity contribution >= 4 is 17.7 Å². The van der Waals surface area contributed by atoms with Crippen molar-refractivity contribution in [2.45, 2.75) is 13.3 Å². The van der Waals surface area contributed by atoms with Crippen LogP contribution in [0.2, 0.25) is 0 Å². The molecule has 0 amide bonds. The first-order valence-electron chi connectivity index (χ1n) is 3.06. The lowest BCUT2D eigenvalue weighted by Crippen LogP contribution is -2.26. The van der Waals surface area contributed by atoms with Gasteiger partial charge in [-0.25, -0.2) is 4.79 Å². The van der Waals surface area contributed by atoms with Gasteiger partial charge in [-0.05, 0) is 6.92 Å². The summed E-state index contributed by atoms with van der Waals surface area (Å²) < 4.78 is 0. The number of Topliss-reactive ketones (excluding diaryl/α,β-unsaturated/α-hetero) is 1. The summed E-state index contributed by atoms with van der Waals surface area (Å²) in [4.78, 5) is 34.5. The van der Waals surface area contributed by atoms with E-state index in [0.29, 0.717) is 0 Å². The Labute approximate surface area is 67.7 Å². The van der Waals surface area contributed by atoms with Crippen molar-refractivity contribution in [3.05, 3.63) is 0 Å². The van der Waals surface area contributed by atoms with E-state index >= 15 is 0 Å². The fourth-order valence-corrected chi connectivity index (χ4v) is 0.631. The Morgan fingerprint density at radius 3 is 2.17 bits per heavy atom. The molecule has 0 aliphatic heterocycles. The van der Waals surface area contributed by atoms with Gasteiger partial charge in [0.2, 0.25) is 0 Å². The molecule has 6 nitrogen and oxygen atoms in total. The van der Waals surface area contributed by atoms with Crippen molar-refractivity contribution in [1.29, 1.82) is 0 Å². The lowest BCUT2D eigenvalue weighted by Gasteiger charge is -2.05. The van der Waals surface area contributed by atoms with Crippen LogP contribution in [0.15, 0.2) is 0 Å². The summed E-state index contributed by atoms with van der Waals surface area (Å²) in [6.45, 7) is 1.05. The van der Waals surface area contributed by atoms with Crippen molar-refractivity contribution in [2.24, 2.45) is 5.92 Å². The zero-order chi connectivity index (χ0) is 9.72. The standard InChI is InChI=1S/C6H8O6/c1-3(7)4(2-5(8)9)6(10)12-11/h4,11H,2H2,1H3,(H,8,9). The van der Waals surface area contributed by atoms with Crippen LogP contribution in [0.1, 0.15) is 13.3 Å². The fraction of sp³-hybridized carbons (Fsp3) is 0.500. The minimum absolute atomic E-state index is 0.656. The highest BCUT2D eigenvalue weighted by atomic mass is 17.1. The van der Waals surface area contributed by atoms with Crippen molar-refractivity contribution in [3.8, 4) is 0 Å². The van der Waals surface area contributed by atoms with Crippen molar-refractivity contribution < 1.29 is 29.6 Å². The Bertz CT molecular complexity index is 208. The molecule has 0 heterocycles. The molecule has 0 rings (SSSR count). The SMILES string of the molecule is CC(=O)C(CC(=O)O)C(=O)OO. The zero-order valence-electron chi connectivity index (χ0n) is 6.31. The van der Waals surface area contributed by atoms with Gasteiger partial charge in [-0.15, -0.1) is 0 Å². The predicted octanol–water partition coefficient (Wildman–Crippen LogP) is -0.317. The first kappa shape index (κ1) is 10.6. The molecule has 1 unspecified atom stereocenters. The molecule has 2 N–H and O–H groups in total. The minimum atomic E-state index is -1.42. The molecule has 0 fully saturated rings. The minimum Gasteiger partial charge on any atom is -0.481 e. The number of aliphatic carboxylic acids is 1. The third-order valence-corrected chi connectivity index (χ3v) is 1.24. The van der Waals surface area contributed by atoms with Crippen LogP contribution in [0.5, 0.6) is 0 Å². The summed E-state index contributed by atoms with van der Waals surface area (Å²) in [5, 5.41) is 16.1. The molecule has 0 bridgehead atoms. The van der Waals surface area contributed by atoms with E-state index in [2.05, 4.69) is 4.89 Å². The van der Waals surface area contributed by atoms with Crippen molar-refractivity contribution in [2.75, 3.05) is 0 Å². The molecule has 1 atom stereocenters. The highest BCUT2D eigenvalue weighted by Crippen LogP contribution is 2.06. The highest BCUT2D eigenvalue weighted by molar-refractivity contribution is 6.00. The van der Waals surface area contributed by atoms with Gasteiger partial charge < -0.3 is 9.99 Å². The molecule has 0 saturated carbocycles. The van der Waals surface area contributed by atoms with Gasteiger partial charge in [0.25, 0.3) is 0 Å². The molecule has 0 aromatic heterocycles. The number of carboxylic acid groups (broad SMARTS) is 1. The number of carboxylic acids is 1. The first-order chi connectivity index (χ1) is 5.49. The molecule has 0 radical (unpaired) electrons. The smallest absolute Gasteiger partial charge is 0.353 e. The summed E-state index contributed by atoms with van der Waals surface area (Å²) in [5.41, 5.74) is 0. The molecule has 0 spiro atoms. The van der Waals surface area contributed by atoms with Crippen LogP contribution in [0.4, 0.5) is 0 Å². The second-order valence-electron chi connectivity index (χ2n) is 2.17. The van der Waals surface area contributed by atoms with E-state index in [1.54, 1.807) is 0 Å². The fourth-order valence-electron chi connectivity index (χ4n) is 0.631. The van der Waals surface area contributed by atoms with E-state index in [1.807, 2.05) is 0 Å². The van der Waals surface area contributed by atoms with Crippen molar-refractivity contribution in [1.82, 2.24) is 0 Å². The lowest BCUT2D eigenvalue weighted by atomic mass is 10.0. The predicted molar refractivity (Wildman–Crippen MR) is 35.1 cm³/mol. The number of carbonyl (C=O) groups excluding carboxylic acids is 2. The van der Waals surface area contributed by atoms with E-state index in [9.17, 15) is 14.4 Å². The third kappa shape index (κ3) is 3.11. The summed E-state index contributed by atoms with van der Waals surface area (Å²) in [6.07, 6.45) is -0.672. The molecule has 6 heteroatoms. The lowest BCUT2D eigenvalue weighted by molar-refractivity contribution is -0.238. The Morgan fingerprint density at radius 2 is 1.92 bits per heavy atom. The van der Waals surface area contributed by atoms with Gasteiger partial charge in [0.1, 0.15) is 11.7 Å². The van der Waals surface area contributed by atoms with E-state index in [4.69, 9.17) is 10.4 Å². The number of hydrogen-bond acceptors (Lipinski definition) is 5. The van der Waals surface area contributed by atoms with Crippen LogP contribution in [0, 0.1) is 5.92 Å². The van der Waals surface area contributed by atoms with Gasteiger partial charge >= 0.3 is 11.9 Å². The van der Waals surface area contributed by atoms with Crippen LogP contribution in [-0.4, -0.2) is 28.1 Å². The van der Waals surface area contributed by atoms with Gasteiger partial charge in [0.05, 0.1) is 6.42 Å². The largest absolute Gasteiger partial charge is 0.481 e. The summed E-state index contributed by atoms with van der Waals surface area (Å²) >= 11 is 0. The maximum Gasteiger partial charge on any atom is 0.353 e. The van der Waals surface area contributed by atoms with Crippen LogP contribution >= 0.6 is 0 Å². The average molecular weight is 176 g/mol. The Balaban J connectivity index is 4.33. The summed E-state index contributed by atoms with van der Waals surface area (Å²) in [7, 11) is 0. The average Bonchev–Trinajstić information content (AvgIpc) is 1.98. The first-order valence-corrected chi connectivity index (χ1v) is 3.06. The van der Waals surface area contributed by atoms with E-state index in [0.717, 1.165) is 6.92 Å². The molecule has 0 aliphatic rings. The second-order valence-corrected chi connectivity index (χ2v) is 2.17. The molecule has 0 saturated heterocycles. The maximum atomic E-state index is 10.6. The van der Waals surface area contributed by atoms with Crippen molar-refractivity contribution in [3.63, 3.8) is 0 Å². The van der Waals surface area contributed by atoms with Gasteiger partial charge in [0.15, 0.2) is 0 Å². The molecular weight excluding hydrogens is 168 g/mol. The Morgan fingerprint density at radius 1 is 1.42 bits per heavy atom. The number of rotatable bonds is 4. The van der Waals surface area contributed by atoms with Gasteiger partial charge in [-0.3, -0.25) is 9.59 Å². The van der Waals surface area contributed by atoms with Crippen LogP contribution in [-0.2, 0) is 19.3 Å². The monoisotopic (exact) mass is 176 g/mol. The van der Waals surface area contributed by atoms with Crippen LogP contribution < -0.4 is 0 Å². The molecular formula is C6H8O6. The van der Waals surface area contributed by atoms with Gasteiger partial charge in [0, 0.05) is 0 Å². The quantitative estimate of drug-likeness (QED) is 0.346. The summed E-state index contributed by atoms with van der Waals surface area (Å²) in [6, 6.07) is 0. The highest BCUT2D eigenvalue weighted by Gasteiger charge is 2.27. The van der Waals surface area contributed by atoms with E-state index in [1.165, 1.54) is 0 Å². The van der Waals surface area contributed by atoms with Crippen LogP contribution in [0.25, 0.3) is 0 Å². The molecule has 0 aliphatic carbocycles. The second kappa shape index (κ2) is 4.45. The number of carbonyl (C=O) groups is 3. The van der Waals surface area contributed by atoms with Gasteiger partial charge in [-0.1, -0.05) is 0 Å².